The van der Waals surface area contributed by atoms with E-state index in [9.17, 15) is 24.5 Å². The number of benzene rings is 1. The van der Waals surface area contributed by atoms with Gasteiger partial charge in [-0.05, 0) is 80.2 Å². The van der Waals surface area contributed by atoms with Gasteiger partial charge in [-0.3, -0.25) is 29.9 Å². The number of urea groups is 1. The summed E-state index contributed by atoms with van der Waals surface area (Å²) in [6, 6.07) is 1.75. The molecule has 1 aromatic carbocycles. The number of carbonyl (C=O) groups excluding carboxylic acids is 3. The molecule has 3 atom stereocenters. The lowest BCUT2D eigenvalue weighted by molar-refractivity contribution is -0.384. The maximum Gasteiger partial charge on any atom is 0.331 e. The van der Waals surface area contributed by atoms with Crippen LogP contribution in [0.25, 0.3) is 0 Å². The molecule has 0 unspecified atom stereocenters. The predicted molar refractivity (Wildman–Crippen MR) is 155 cm³/mol. The SMILES string of the molecule is C[C@H](N1C(=O)NC(=O)[C@]2(Cc3cc([N+](=O)[O-])c(N4CCOCC4)cc3N3CCOC[C@@H]32)C1=O)C12CC3CC(CC(C3)C1)C2. The molecular weight excluding hydrogens is 554 g/mol. The van der Waals surface area contributed by atoms with Crippen molar-refractivity contribution in [3.05, 3.63) is 27.8 Å². The molecule has 1 spiro atoms. The summed E-state index contributed by atoms with van der Waals surface area (Å²) in [5.41, 5.74) is 0.0452. The smallest absolute Gasteiger partial charge is 0.331 e. The molecule has 43 heavy (non-hydrogen) atoms. The number of nitrogens with one attached hydrogen (secondary N) is 1. The average molecular weight is 594 g/mol. The molecule has 12 heteroatoms. The maximum atomic E-state index is 14.9. The van der Waals surface area contributed by atoms with Gasteiger partial charge in [-0.15, -0.1) is 0 Å². The highest BCUT2D eigenvalue weighted by molar-refractivity contribution is 6.20. The average Bonchev–Trinajstić information content (AvgIpc) is 2.99. The monoisotopic (exact) mass is 593 g/mol. The second-order valence-corrected chi connectivity index (χ2v) is 14.1. The highest BCUT2D eigenvalue weighted by atomic mass is 16.6. The van der Waals surface area contributed by atoms with E-state index in [0.29, 0.717) is 68.5 Å². The molecule has 0 radical (unpaired) electrons. The van der Waals surface area contributed by atoms with Gasteiger partial charge in [0.15, 0.2) is 5.41 Å². The third-order valence-electron chi connectivity index (χ3n) is 12.0. The van der Waals surface area contributed by atoms with Crippen LogP contribution in [-0.4, -0.2) is 85.8 Å². The second kappa shape index (κ2) is 9.62. The first-order chi connectivity index (χ1) is 20.7. The summed E-state index contributed by atoms with van der Waals surface area (Å²) >= 11 is 0. The number of barbiturate groups is 1. The molecule has 4 aliphatic heterocycles. The largest absolute Gasteiger partial charge is 0.378 e. The normalized spacial score (nSPS) is 37.3. The molecule has 1 aromatic rings. The zero-order valence-electron chi connectivity index (χ0n) is 24.6. The maximum absolute atomic E-state index is 14.9. The fourth-order valence-corrected chi connectivity index (χ4v) is 10.4. The van der Waals surface area contributed by atoms with Crippen molar-refractivity contribution < 1.29 is 28.8 Å². The third-order valence-corrected chi connectivity index (χ3v) is 12.0. The fraction of sp³-hybridized carbons (Fsp3) is 0.710. The van der Waals surface area contributed by atoms with Crippen LogP contribution in [0.4, 0.5) is 21.9 Å². The predicted octanol–water partition coefficient (Wildman–Crippen LogP) is 2.86. The van der Waals surface area contributed by atoms with E-state index < -0.39 is 34.2 Å². The summed E-state index contributed by atoms with van der Waals surface area (Å²) in [5.74, 6) is 0.782. The molecule has 8 aliphatic rings. The van der Waals surface area contributed by atoms with E-state index >= 15 is 0 Å². The Morgan fingerprint density at radius 3 is 2.26 bits per heavy atom. The van der Waals surface area contributed by atoms with Crippen LogP contribution in [0.15, 0.2) is 12.1 Å². The molecule has 12 nitrogen and oxygen atoms in total. The number of nitro groups is 1. The first kappa shape index (κ1) is 27.3. The highest BCUT2D eigenvalue weighted by Gasteiger charge is 2.65. The lowest BCUT2D eigenvalue weighted by atomic mass is 9.47. The molecule has 9 rings (SSSR count). The minimum Gasteiger partial charge on any atom is -0.378 e. The standard InChI is InChI=1S/C31H39N5O7/c1-18(30-13-19-8-20(14-30)10-21(9-19)15-30)35-28(38)31(27(37)32-29(35)39)16-22-11-25(36(40)41)24(33-2-5-42-6-3-33)12-23(22)34-4-7-43-17-26(31)34/h11-12,18-21,26H,2-10,13-17H2,1H3,(H,32,37,39)/t18-,19?,20?,21?,26+,30?,31+/m0/s1. The van der Waals surface area contributed by atoms with Gasteiger partial charge in [0.25, 0.3) is 5.69 Å². The topological polar surface area (TPSA) is 135 Å². The Bertz CT molecular complexity index is 1370. The van der Waals surface area contributed by atoms with Crippen molar-refractivity contribution in [3.63, 3.8) is 0 Å². The second-order valence-electron chi connectivity index (χ2n) is 14.1. The number of morpholine rings is 2. The highest BCUT2D eigenvalue weighted by Crippen LogP contribution is 2.62. The molecule has 230 valence electrons. The first-order valence-corrected chi connectivity index (χ1v) is 15.9. The van der Waals surface area contributed by atoms with Crippen molar-refractivity contribution in [3.8, 4) is 0 Å². The number of ether oxygens (including phenoxy) is 2. The van der Waals surface area contributed by atoms with Crippen molar-refractivity contribution in [2.24, 2.45) is 28.6 Å². The Morgan fingerprint density at radius 1 is 0.953 bits per heavy atom. The number of anilines is 2. The summed E-state index contributed by atoms with van der Waals surface area (Å²) in [6.45, 7) is 5.02. The van der Waals surface area contributed by atoms with Crippen molar-refractivity contribution >= 4 is 34.9 Å². The zero-order chi connectivity index (χ0) is 29.7. The molecule has 3 saturated heterocycles. The molecular formula is C31H39N5O7. The Hall–Kier alpha value is -3.25. The van der Waals surface area contributed by atoms with Crippen molar-refractivity contribution in [2.75, 3.05) is 55.9 Å². The number of carbonyl (C=O) groups is 3. The van der Waals surface area contributed by atoms with E-state index in [2.05, 4.69) is 5.32 Å². The number of amides is 4. The van der Waals surface area contributed by atoms with Gasteiger partial charge in [-0.1, -0.05) is 0 Å². The first-order valence-electron chi connectivity index (χ1n) is 15.9. The van der Waals surface area contributed by atoms with Crippen LogP contribution in [0.2, 0.25) is 0 Å². The Labute approximate surface area is 250 Å². The molecule has 0 aromatic heterocycles. The number of rotatable bonds is 4. The van der Waals surface area contributed by atoms with Crippen molar-refractivity contribution in [2.45, 2.75) is 64.0 Å². The number of imide groups is 2. The summed E-state index contributed by atoms with van der Waals surface area (Å²) in [6.07, 6.45) is 6.72. The molecule has 4 bridgehead atoms. The summed E-state index contributed by atoms with van der Waals surface area (Å²) in [4.78, 5) is 59.7. The summed E-state index contributed by atoms with van der Waals surface area (Å²) < 4.78 is 11.4. The molecule has 4 amide bonds. The molecule has 4 saturated carbocycles. The lowest BCUT2D eigenvalue weighted by Gasteiger charge is -2.61. The Morgan fingerprint density at radius 2 is 1.60 bits per heavy atom. The molecule has 1 N–H and O–H groups in total. The number of hydrogen-bond acceptors (Lipinski definition) is 9. The van der Waals surface area contributed by atoms with Crippen molar-refractivity contribution in [1.29, 1.82) is 0 Å². The van der Waals surface area contributed by atoms with Crippen LogP contribution < -0.4 is 15.1 Å². The van der Waals surface area contributed by atoms with Crippen LogP contribution in [-0.2, 0) is 25.5 Å². The summed E-state index contributed by atoms with van der Waals surface area (Å²) in [7, 11) is 0. The van der Waals surface area contributed by atoms with Crippen LogP contribution in [0, 0.1) is 38.7 Å². The van der Waals surface area contributed by atoms with E-state index in [1.807, 2.05) is 22.8 Å². The lowest BCUT2D eigenvalue weighted by Crippen LogP contribution is -2.76. The molecule has 4 heterocycles. The number of nitrogens with zero attached hydrogens (tertiary/aromatic N) is 4. The van der Waals surface area contributed by atoms with Gasteiger partial charge in [0.2, 0.25) is 11.8 Å². The van der Waals surface area contributed by atoms with E-state index in [4.69, 9.17) is 9.47 Å². The number of fused-ring (bicyclic) bond motifs is 4. The van der Waals surface area contributed by atoms with Gasteiger partial charge in [0.1, 0.15) is 5.69 Å². The zero-order valence-corrected chi connectivity index (χ0v) is 24.6. The van der Waals surface area contributed by atoms with Gasteiger partial charge < -0.3 is 19.3 Å². The minimum absolute atomic E-state index is 0.0286. The van der Waals surface area contributed by atoms with Crippen molar-refractivity contribution in [1.82, 2.24) is 10.2 Å². The van der Waals surface area contributed by atoms with Gasteiger partial charge in [0, 0.05) is 43.9 Å². The van der Waals surface area contributed by atoms with Crippen LogP contribution in [0.5, 0.6) is 0 Å². The fourth-order valence-electron chi connectivity index (χ4n) is 10.4. The molecule has 4 aliphatic carbocycles. The van der Waals surface area contributed by atoms with E-state index in [0.717, 1.165) is 24.9 Å². The van der Waals surface area contributed by atoms with Gasteiger partial charge in [-0.2, -0.15) is 0 Å². The number of hydrogen-bond donors (Lipinski definition) is 1. The van der Waals surface area contributed by atoms with Gasteiger partial charge in [0.05, 0.1) is 37.4 Å². The quantitative estimate of drug-likeness (QED) is 0.318. The Kier molecular flexibility index (Phi) is 6.11. The van der Waals surface area contributed by atoms with Gasteiger partial charge in [-0.25, -0.2) is 4.79 Å². The third kappa shape index (κ3) is 3.91. The molecule has 7 fully saturated rings. The minimum atomic E-state index is -1.63. The van der Waals surface area contributed by atoms with Crippen LogP contribution in [0.3, 0.4) is 0 Å². The van der Waals surface area contributed by atoms with Gasteiger partial charge >= 0.3 is 6.03 Å². The van der Waals surface area contributed by atoms with Crippen LogP contribution >= 0.6 is 0 Å². The number of nitro benzene ring substituents is 1. The Balaban J connectivity index is 1.21. The van der Waals surface area contributed by atoms with E-state index in [1.165, 1.54) is 30.2 Å². The van der Waals surface area contributed by atoms with Crippen LogP contribution in [0.1, 0.15) is 51.0 Å². The summed E-state index contributed by atoms with van der Waals surface area (Å²) in [5, 5.41) is 14.9. The van der Waals surface area contributed by atoms with E-state index in [1.54, 1.807) is 0 Å². The van der Waals surface area contributed by atoms with E-state index in [-0.39, 0.29) is 30.2 Å².